The second kappa shape index (κ2) is 10.9. The van der Waals surface area contributed by atoms with Gasteiger partial charge in [0.05, 0.1) is 21.3 Å². The molecule has 2 amide bonds. The minimum atomic E-state index is -1.58. The van der Waals surface area contributed by atoms with Crippen molar-refractivity contribution < 1.29 is 19.1 Å². The van der Waals surface area contributed by atoms with Crippen LogP contribution >= 0.6 is 11.3 Å². The molecule has 1 aliphatic heterocycles. The summed E-state index contributed by atoms with van der Waals surface area (Å²) in [6.07, 6.45) is 4.44. The third-order valence-electron chi connectivity index (χ3n) is 8.26. The summed E-state index contributed by atoms with van der Waals surface area (Å²) in [5, 5.41) is 3.67. The number of rotatable bonds is 6. The summed E-state index contributed by atoms with van der Waals surface area (Å²) in [5.41, 5.74) is 21.1. The van der Waals surface area contributed by atoms with Crippen LogP contribution < -0.4 is 27.3 Å². The van der Waals surface area contributed by atoms with Gasteiger partial charge in [0.25, 0.3) is 5.91 Å². The third kappa shape index (κ3) is 4.75. The van der Waals surface area contributed by atoms with Gasteiger partial charge in [-0.25, -0.2) is 0 Å². The Morgan fingerprint density at radius 2 is 1.98 bits per heavy atom. The van der Waals surface area contributed by atoms with E-state index in [9.17, 15) is 14.4 Å². The SMILES string of the molecule is C=CC(=O)N1CCCC(NC(=O)c2sc3c(N)ccc4c3c2C(N)C(=O)C4(N)c2ccc(Oc3cccnc3C)cc2)C1. The first kappa shape index (κ1) is 28.5. The van der Waals surface area contributed by atoms with Gasteiger partial charge < -0.3 is 32.2 Å². The van der Waals surface area contributed by atoms with Crippen molar-refractivity contribution in [3.05, 3.63) is 94.6 Å². The highest BCUT2D eigenvalue weighted by molar-refractivity contribution is 7.21. The molecule has 3 unspecified atom stereocenters. The lowest BCUT2D eigenvalue weighted by Gasteiger charge is -2.36. The maximum Gasteiger partial charge on any atom is 0.262 e. The largest absolute Gasteiger partial charge is 0.455 e. The number of Topliss-reactive ketones (excluding diaryl/α,β-unsaturated/α-hetero) is 1. The molecule has 1 aliphatic carbocycles. The lowest BCUT2D eigenvalue weighted by atomic mass is 9.70. The van der Waals surface area contributed by atoms with E-state index >= 15 is 0 Å². The Kier molecular flexibility index (Phi) is 7.25. The van der Waals surface area contributed by atoms with E-state index in [0.717, 1.165) is 18.5 Å². The molecule has 0 saturated carbocycles. The number of hydrogen-bond donors (Lipinski definition) is 4. The Balaban J connectivity index is 1.36. The molecule has 3 heterocycles. The van der Waals surface area contributed by atoms with Gasteiger partial charge in [-0.2, -0.15) is 0 Å². The number of ether oxygens (including phenoxy) is 1. The van der Waals surface area contributed by atoms with Crippen molar-refractivity contribution >= 4 is 44.7 Å². The number of nitrogens with two attached hydrogens (primary N) is 3. The third-order valence-corrected chi connectivity index (χ3v) is 9.51. The van der Waals surface area contributed by atoms with Gasteiger partial charge in [0.15, 0.2) is 5.78 Å². The average molecular weight is 597 g/mol. The van der Waals surface area contributed by atoms with Gasteiger partial charge >= 0.3 is 0 Å². The number of hydrogen-bond acceptors (Lipinski definition) is 9. The van der Waals surface area contributed by atoms with Crippen LogP contribution in [0.2, 0.25) is 0 Å². The summed E-state index contributed by atoms with van der Waals surface area (Å²) in [7, 11) is 0. The van der Waals surface area contributed by atoms with Crippen LogP contribution in [0.1, 0.15) is 50.9 Å². The second-order valence-corrected chi connectivity index (χ2v) is 11.9. The highest BCUT2D eigenvalue weighted by Gasteiger charge is 2.48. The highest BCUT2D eigenvalue weighted by atomic mass is 32.1. The fourth-order valence-corrected chi connectivity index (χ4v) is 7.22. The van der Waals surface area contributed by atoms with Gasteiger partial charge in [-0.15, -0.1) is 11.3 Å². The number of anilines is 1. The van der Waals surface area contributed by atoms with Crippen molar-refractivity contribution in [3.8, 4) is 11.5 Å². The molecule has 4 aromatic rings. The van der Waals surface area contributed by atoms with Crippen LogP contribution in [0, 0.1) is 6.92 Å². The van der Waals surface area contributed by atoms with E-state index in [1.165, 1.54) is 17.4 Å². The van der Waals surface area contributed by atoms with Gasteiger partial charge in [0.1, 0.15) is 17.0 Å². The van der Waals surface area contributed by atoms with Crippen LogP contribution in [0.15, 0.2) is 67.4 Å². The fourth-order valence-electron chi connectivity index (χ4n) is 6.01. The lowest BCUT2D eigenvalue weighted by molar-refractivity contribution is -0.127. The maximum atomic E-state index is 14.1. The first-order valence-corrected chi connectivity index (χ1v) is 14.8. The number of nitrogens with zero attached hydrogens (tertiary/aromatic N) is 2. The summed E-state index contributed by atoms with van der Waals surface area (Å²) in [6, 6.07) is 12.6. The number of aryl methyl sites for hydroxylation is 1. The molecule has 0 bridgehead atoms. The number of pyridine rings is 1. The summed E-state index contributed by atoms with van der Waals surface area (Å²) < 4.78 is 6.63. The van der Waals surface area contributed by atoms with E-state index in [4.69, 9.17) is 21.9 Å². The number of aromatic nitrogens is 1. The van der Waals surface area contributed by atoms with E-state index in [0.29, 0.717) is 61.9 Å². The number of benzene rings is 2. The van der Waals surface area contributed by atoms with Gasteiger partial charge in [-0.3, -0.25) is 19.4 Å². The van der Waals surface area contributed by atoms with E-state index in [1.54, 1.807) is 53.6 Å². The number of carbonyl (C=O) groups is 3. The molecule has 7 N–H and O–H groups in total. The van der Waals surface area contributed by atoms with Gasteiger partial charge in [-0.05, 0) is 67.3 Å². The zero-order valence-electron chi connectivity index (χ0n) is 23.6. The van der Waals surface area contributed by atoms with Crippen LogP contribution in [0.4, 0.5) is 5.69 Å². The Hall–Kier alpha value is -4.58. The van der Waals surface area contributed by atoms with Gasteiger partial charge in [-0.1, -0.05) is 24.8 Å². The van der Waals surface area contributed by atoms with E-state index in [-0.39, 0.29) is 17.9 Å². The second-order valence-electron chi connectivity index (χ2n) is 10.9. The molecule has 220 valence electrons. The number of amides is 2. The van der Waals surface area contributed by atoms with Gasteiger partial charge in [0.2, 0.25) is 5.91 Å². The zero-order valence-corrected chi connectivity index (χ0v) is 24.4. The number of piperidine rings is 1. The Labute approximate surface area is 252 Å². The standard InChI is InChI=1S/C32H32N6O4S/c1-3-24(39)38-15-5-6-19(16-38)37-31(41)29-26-25-21(12-13-22(33)28(25)43-29)32(35,30(40)27(26)34)18-8-10-20(11-9-18)42-23-7-4-14-36-17(23)2/h3-4,7-14,19,27H,1,5-6,15-16,33-35H2,2H3,(H,37,41). The van der Waals surface area contributed by atoms with Gasteiger partial charge in [0, 0.05) is 42.0 Å². The Bertz CT molecular complexity index is 1780. The Morgan fingerprint density at radius 1 is 1.21 bits per heavy atom. The number of ketones is 1. The van der Waals surface area contributed by atoms with Crippen molar-refractivity contribution in [2.75, 3.05) is 18.8 Å². The number of carbonyl (C=O) groups excluding carboxylic acids is 3. The number of thiophene rings is 1. The van der Waals surface area contributed by atoms with Crippen LogP contribution in [-0.4, -0.2) is 46.6 Å². The Morgan fingerprint density at radius 3 is 2.70 bits per heavy atom. The van der Waals surface area contributed by atoms with Crippen molar-refractivity contribution in [3.63, 3.8) is 0 Å². The van der Waals surface area contributed by atoms with Crippen LogP contribution in [0.5, 0.6) is 11.5 Å². The topological polar surface area (TPSA) is 167 Å². The molecule has 1 fully saturated rings. The van der Waals surface area contributed by atoms with Crippen LogP contribution in [-0.2, 0) is 15.1 Å². The molecule has 11 heteroatoms. The van der Waals surface area contributed by atoms with Crippen LogP contribution in [0.25, 0.3) is 10.1 Å². The number of nitrogen functional groups attached to an aromatic ring is 1. The molecule has 0 spiro atoms. The summed E-state index contributed by atoms with van der Waals surface area (Å²) in [5.74, 6) is 0.211. The van der Waals surface area contributed by atoms with Crippen molar-refractivity contribution in [1.82, 2.24) is 15.2 Å². The first-order chi connectivity index (χ1) is 20.6. The first-order valence-electron chi connectivity index (χ1n) is 14.0. The monoisotopic (exact) mass is 596 g/mol. The predicted molar refractivity (Wildman–Crippen MR) is 166 cm³/mol. The zero-order chi connectivity index (χ0) is 30.5. The van der Waals surface area contributed by atoms with Crippen LogP contribution in [0.3, 0.4) is 0 Å². The predicted octanol–water partition coefficient (Wildman–Crippen LogP) is 3.67. The molecule has 2 aromatic carbocycles. The molecule has 3 atom stereocenters. The molecule has 0 radical (unpaired) electrons. The average Bonchev–Trinajstić information content (AvgIpc) is 3.43. The smallest absolute Gasteiger partial charge is 0.262 e. The number of nitrogens with one attached hydrogen (secondary N) is 1. The van der Waals surface area contributed by atoms with E-state index in [1.807, 2.05) is 13.0 Å². The maximum absolute atomic E-state index is 14.1. The summed E-state index contributed by atoms with van der Waals surface area (Å²) in [4.78, 5) is 46.1. The molecule has 10 nitrogen and oxygen atoms in total. The van der Waals surface area contributed by atoms with Crippen molar-refractivity contribution in [2.45, 2.75) is 37.4 Å². The highest BCUT2D eigenvalue weighted by Crippen LogP contribution is 2.49. The van der Waals surface area contributed by atoms with E-state index in [2.05, 4.69) is 16.9 Å². The normalized spacial score (nSPS) is 21.5. The molecule has 2 aliphatic rings. The minimum absolute atomic E-state index is 0.174. The lowest BCUT2D eigenvalue weighted by Crippen LogP contribution is -2.53. The molecule has 2 aromatic heterocycles. The van der Waals surface area contributed by atoms with Crippen molar-refractivity contribution in [2.24, 2.45) is 11.5 Å². The molecular formula is C32H32N6O4S. The molecule has 6 rings (SSSR count). The summed E-state index contributed by atoms with van der Waals surface area (Å²) >= 11 is 1.20. The number of likely N-dealkylation sites (tertiary alicyclic amines) is 1. The van der Waals surface area contributed by atoms with Crippen molar-refractivity contribution in [1.29, 1.82) is 0 Å². The molecule has 1 saturated heterocycles. The molecule has 43 heavy (non-hydrogen) atoms. The fraction of sp³-hybridized carbons (Fsp3) is 0.250. The molecular weight excluding hydrogens is 564 g/mol. The summed E-state index contributed by atoms with van der Waals surface area (Å²) in [6.45, 7) is 6.40. The minimum Gasteiger partial charge on any atom is -0.455 e. The van der Waals surface area contributed by atoms with E-state index < -0.39 is 17.4 Å². The quantitative estimate of drug-likeness (QED) is 0.193.